The first-order valence-corrected chi connectivity index (χ1v) is 8.07. The minimum absolute atomic E-state index is 0.0665. The summed E-state index contributed by atoms with van der Waals surface area (Å²) in [5.41, 5.74) is 0.603. The minimum atomic E-state index is -4.36. The third-order valence-corrected chi connectivity index (χ3v) is 3.89. The highest BCUT2D eigenvalue weighted by Crippen LogP contribution is 2.33. The number of halogens is 4. The van der Waals surface area contributed by atoms with Gasteiger partial charge in [-0.05, 0) is 56.3 Å². The van der Waals surface area contributed by atoms with E-state index in [1.807, 2.05) is 32.0 Å². The van der Waals surface area contributed by atoms with Gasteiger partial charge in [-0.1, -0.05) is 15.9 Å². The molecular formula is C17H14BrF3N2O. The second kappa shape index (κ2) is 6.12. The summed E-state index contributed by atoms with van der Waals surface area (Å²) in [4.78, 5) is 0. The maximum Gasteiger partial charge on any atom is 0.416 e. The molecule has 24 heavy (non-hydrogen) atoms. The Hall–Kier alpha value is -2.02. The molecule has 3 rings (SSSR count). The smallest absolute Gasteiger partial charge is 0.416 e. The van der Waals surface area contributed by atoms with Crippen molar-refractivity contribution in [3.05, 3.63) is 52.5 Å². The summed E-state index contributed by atoms with van der Waals surface area (Å²) in [7, 11) is 0. The minimum Gasteiger partial charge on any atom is -0.473 e. The molecule has 0 fully saturated rings. The average molecular weight is 399 g/mol. The zero-order valence-corrected chi connectivity index (χ0v) is 14.5. The van der Waals surface area contributed by atoms with E-state index in [0.29, 0.717) is 11.6 Å². The van der Waals surface area contributed by atoms with Crippen LogP contribution in [0.25, 0.3) is 16.6 Å². The number of hydrogen-bond acceptors (Lipinski definition) is 2. The molecule has 3 nitrogen and oxygen atoms in total. The van der Waals surface area contributed by atoms with Crippen LogP contribution in [0.2, 0.25) is 0 Å². The van der Waals surface area contributed by atoms with E-state index in [0.717, 1.165) is 27.5 Å². The molecule has 0 bridgehead atoms. The summed E-state index contributed by atoms with van der Waals surface area (Å²) >= 11 is 3.41. The van der Waals surface area contributed by atoms with Crippen molar-refractivity contribution in [3.8, 4) is 11.6 Å². The zero-order chi connectivity index (χ0) is 17.5. The molecule has 0 aliphatic carbocycles. The number of ether oxygens (including phenoxy) is 1. The molecule has 0 spiro atoms. The monoisotopic (exact) mass is 398 g/mol. The third-order valence-electron chi connectivity index (χ3n) is 3.39. The first-order valence-electron chi connectivity index (χ1n) is 7.28. The lowest BCUT2D eigenvalue weighted by molar-refractivity contribution is -0.137. The largest absolute Gasteiger partial charge is 0.473 e. The summed E-state index contributed by atoms with van der Waals surface area (Å²) in [6.45, 7) is 3.78. The molecule has 1 aromatic heterocycles. The van der Waals surface area contributed by atoms with Gasteiger partial charge in [-0.2, -0.15) is 13.2 Å². The van der Waals surface area contributed by atoms with E-state index in [4.69, 9.17) is 4.74 Å². The van der Waals surface area contributed by atoms with Gasteiger partial charge in [-0.25, -0.2) is 4.68 Å². The van der Waals surface area contributed by atoms with Gasteiger partial charge < -0.3 is 4.74 Å². The van der Waals surface area contributed by atoms with Crippen LogP contribution in [0.3, 0.4) is 0 Å². The number of fused-ring (bicyclic) bond motifs is 1. The van der Waals surface area contributed by atoms with Crippen LogP contribution in [0.5, 0.6) is 5.88 Å². The first kappa shape index (κ1) is 16.8. The Bertz CT molecular complexity index is 870. The number of rotatable bonds is 3. The molecule has 0 amide bonds. The van der Waals surface area contributed by atoms with Crippen LogP contribution < -0.4 is 4.74 Å². The Morgan fingerprint density at radius 1 is 1.08 bits per heavy atom. The fraction of sp³-hybridized carbons (Fsp3) is 0.235. The maximum atomic E-state index is 12.7. The van der Waals surface area contributed by atoms with Crippen molar-refractivity contribution in [2.24, 2.45) is 0 Å². The second-order valence-electron chi connectivity index (χ2n) is 5.59. The van der Waals surface area contributed by atoms with Crippen LogP contribution in [0.1, 0.15) is 19.4 Å². The SMILES string of the molecule is CC(C)Oc1nn(-c2ccc(C(F)(F)F)cc2)c2ccc(Br)cc12. The molecule has 0 radical (unpaired) electrons. The third kappa shape index (κ3) is 3.26. The molecule has 0 N–H and O–H groups in total. The van der Waals surface area contributed by atoms with Crippen molar-refractivity contribution in [2.45, 2.75) is 26.1 Å². The summed E-state index contributed by atoms with van der Waals surface area (Å²) in [5.74, 6) is 0.446. The van der Waals surface area contributed by atoms with E-state index in [1.54, 1.807) is 4.68 Å². The molecule has 0 saturated heterocycles. The van der Waals surface area contributed by atoms with Crippen molar-refractivity contribution in [3.63, 3.8) is 0 Å². The maximum absolute atomic E-state index is 12.7. The topological polar surface area (TPSA) is 27.1 Å². The van der Waals surface area contributed by atoms with Gasteiger partial charge in [0.1, 0.15) is 0 Å². The van der Waals surface area contributed by atoms with E-state index in [1.165, 1.54) is 12.1 Å². The molecular weight excluding hydrogens is 385 g/mol. The number of aromatic nitrogens is 2. The fourth-order valence-corrected chi connectivity index (χ4v) is 2.72. The average Bonchev–Trinajstić information content (AvgIpc) is 2.84. The highest BCUT2D eigenvalue weighted by atomic mass is 79.9. The van der Waals surface area contributed by atoms with Gasteiger partial charge in [0.2, 0.25) is 5.88 Å². The van der Waals surface area contributed by atoms with Crippen LogP contribution >= 0.6 is 15.9 Å². The highest BCUT2D eigenvalue weighted by molar-refractivity contribution is 9.10. The molecule has 3 aromatic rings. The molecule has 0 saturated carbocycles. The Balaban J connectivity index is 2.12. The predicted octanol–water partition coefficient (Wildman–Crippen LogP) is 5.59. The summed E-state index contributed by atoms with van der Waals surface area (Å²) < 4.78 is 46.3. The second-order valence-corrected chi connectivity index (χ2v) is 6.51. The lowest BCUT2D eigenvalue weighted by atomic mass is 10.2. The van der Waals surface area contributed by atoms with Crippen molar-refractivity contribution in [1.29, 1.82) is 0 Å². The summed E-state index contributed by atoms with van der Waals surface area (Å²) in [6, 6.07) is 10.5. The highest BCUT2D eigenvalue weighted by Gasteiger charge is 2.30. The van der Waals surface area contributed by atoms with Crippen molar-refractivity contribution < 1.29 is 17.9 Å². The van der Waals surface area contributed by atoms with Gasteiger partial charge in [-0.15, -0.1) is 5.10 Å². The van der Waals surface area contributed by atoms with Gasteiger partial charge in [0, 0.05) is 4.47 Å². The van der Waals surface area contributed by atoms with Crippen LogP contribution in [0, 0.1) is 0 Å². The molecule has 7 heteroatoms. The van der Waals surface area contributed by atoms with E-state index >= 15 is 0 Å². The number of alkyl halides is 3. The van der Waals surface area contributed by atoms with Crippen molar-refractivity contribution in [1.82, 2.24) is 9.78 Å². The standard InChI is InChI=1S/C17H14BrF3N2O/c1-10(2)24-16-14-9-12(18)5-8-15(14)23(22-16)13-6-3-11(4-7-13)17(19,20)21/h3-10H,1-2H3. The predicted molar refractivity (Wildman–Crippen MR) is 89.5 cm³/mol. The number of benzene rings is 2. The lowest BCUT2D eigenvalue weighted by Gasteiger charge is -2.08. The van der Waals surface area contributed by atoms with Crippen molar-refractivity contribution >= 4 is 26.8 Å². The van der Waals surface area contributed by atoms with Crippen LogP contribution in [0.4, 0.5) is 13.2 Å². The van der Waals surface area contributed by atoms with Gasteiger partial charge in [0.25, 0.3) is 0 Å². The molecule has 0 aliphatic heterocycles. The van der Waals surface area contributed by atoms with Gasteiger partial charge in [0.15, 0.2) is 0 Å². The summed E-state index contributed by atoms with van der Waals surface area (Å²) in [6.07, 6.45) is -4.43. The molecule has 0 aliphatic rings. The van der Waals surface area contributed by atoms with Gasteiger partial charge >= 0.3 is 6.18 Å². The molecule has 0 unspecified atom stereocenters. The first-order chi connectivity index (χ1) is 11.3. The van der Waals surface area contributed by atoms with E-state index in [2.05, 4.69) is 21.0 Å². The van der Waals surface area contributed by atoms with Gasteiger partial charge in [-0.3, -0.25) is 0 Å². The number of nitrogens with zero attached hydrogens (tertiary/aromatic N) is 2. The normalized spacial score (nSPS) is 12.1. The van der Waals surface area contributed by atoms with Crippen LogP contribution in [-0.2, 0) is 6.18 Å². The van der Waals surface area contributed by atoms with E-state index < -0.39 is 11.7 Å². The molecule has 126 valence electrons. The van der Waals surface area contributed by atoms with Gasteiger partial charge in [0.05, 0.1) is 28.3 Å². The Kier molecular flexibility index (Phi) is 4.29. The summed E-state index contributed by atoms with van der Waals surface area (Å²) in [5, 5.41) is 5.21. The van der Waals surface area contributed by atoms with Crippen LogP contribution in [-0.4, -0.2) is 15.9 Å². The Labute approximate surface area is 145 Å². The molecule has 0 atom stereocenters. The quantitative estimate of drug-likeness (QED) is 0.574. The van der Waals surface area contributed by atoms with Crippen LogP contribution in [0.15, 0.2) is 46.9 Å². The molecule has 1 heterocycles. The molecule has 2 aromatic carbocycles. The Morgan fingerprint density at radius 3 is 2.33 bits per heavy atom. The number of hydrogen-bond donors (Lipinski definition) is 0. The zero-order valence-electron chi connectivity index (χ0n) is 12.9. The Morgan fingerprint density at radius 2 is 1.75 bits per heavy atom. The van der Waals surface area contributed by atoms with Crippen molar-refractivity contribution in [2.75, 3.05) is 0 Å². The van der Waals surface area contributed by atoms with E-state index in [9.17, 15) is 13.2 Å². The van der Waals surface area contributed by atoms with E-state index in [-0.39, 0.29) is 6.10 Å². The fourth-order valence-electron chi connectivity index (χ4n) is 2.36. The lowest BCUT2D eigenvalue weighted by Crippen LogP contribution is -2.07.